The van der Waals surface area contributed by atoms with Gasteiger partial charge in [0.15, 0.2) is 0 Å². The molecule has 0 radical (unpaired) electrons. The van der Waals surface area contributed by atoms with Gasteiger partial charge in [-0.2, -0.15) is 0 Å². The van der Waals surface area contributed by atoms with Gasteiger partial charge in [0.2, 0.25) is 5.91 Å². The summed E-state index contributed by atoms with van der Waals surface area (Å²) in [7, 11) is 1.60. The molecule has 1 atom stereocenters. The van der Waals surface area contributed by atoms with Crippen molar-refractivity contribution in [2.45, 2.75) is 12.8 Å². The molecule has 0 aliphatic rings. The number of carbonyl (C=O) groups excluding carboxylic acids is 1. The lowest BCUT2D eigenvalue weighted by Crippen LogP contribution is -2.18. The fourth-order valence-electron chi connectivity index (χ4n) is 0.561. The highest BCUT2D eigenvalue weighted by atomic mass is 32.2. The molecule has 0 bridgehead atoms. The van der Waals surface area contributed by atoms with Gasteiger partial charge < -0.3 is 9.87 Å². The molecule has 0 aliphatic heterocycles. The molecule has 0 heterocycles. The summed E-state index contributed by atoms with van der Waals surface area (Å²) in [5.74, 6) is 0.637. The Bertz CT molecular complexity index is 106. The zero-order valence-electron chi connectivity index (χ0n) is 6.35. The van der Waals surface area contributed by atoms with Crippen molar-refractivity contribution in [2.75, 3.05) is 19.1 Å². The first-order valence-electron chi connectivity index (χ1n) is 3.17. The average molecular weight is 163 g/mol. The zero-order valence-corrected chi connectivity index (χ0v) is 7.16. The molecular weight excluding hydrogens is 150 g/mol. The Morgan fingerprint density at radius 2 is 2.30 bits per heavy atom. The monoisotopic (exact) mass is 163 g/mol. The van der Waals surface area contributed by atoms with Crippen molar-refractivity contribution in [3.05, 3.63) is 0 Å². The van der Waals surface area contributed by atoms with Crippen LogP contribution in [0.1, 0.15) is 12.8 Å². The second-order valence-corrected chi connectivity index (χ2v) is 3.61. The van der Waals surface area contributed by atoms with Crippen LogP contribution >= 0.6 is 0 Å². The zero-order chi connectivity index (χ0) is 7.98. The maximum atomic E-state index is 10.6. The smallest absolute Gasteiger partial charge is 0.219 e. The van der Waals surface area contributed by atoms with E-state index < -0.39 is 11.2 Å². The van der Waals surface area contributed by atoms with E-state index in [1.807, 2.05) is 0 Å². The fraction of sp³-hybridized carbons (Fsp3) is 0.833. The van der Waals surface area contributed by atoms with Crippen molar-refractivity contribution in [3.63, 3.8) is 0 Å². The minimum atomic E-state index is -0.764. The molecule has 0 saturated carbocycles. The van der Waals surface area contributed by atoms with Gasteiger partial charge in [-0.25, -0.2) is 0 Å². The molecule has 0 aromatic heterocycles. The van der Waals surface area contributed by atoms with Crippen LogP contribution < -0.4 is 5.32 Å². The topological polar surface area (TPSA) is 52.2 Å². The van der Waals surface area contributed by atoms with Gasteiger partial charge in [-0.15, -0.1) is 0 Å². The van der Waals surface area contributed by atoms with E-state index in [9.17, 15) is 9.35 Å². The van der Waals surface area contributed by atoms with Crippen LogP contribution in [0.3, 0.4) is 0 Å². The molecule has 1 unspecified atom stereocenters. The van der Waals surface area contributed by atoms with Crippen molar-refractivity contribution < 1.29 is 9.35 Å². The van der Waals surface area contributed by atoms with Crippen LogP contribution in [-0.2, 0) is 16.0 Å². The maximum Gasteiger partial charge on any atom is 0.219 e. The van der Waals surface area contributed by atoms with Crippen LogP contribution in [0.2, 0.25) is 0 Å². The second kappa shape index (κ2) is 5.56. The minimum Gasteiger partial charge on any atom is -0.617 e. The highest BCUT2D eigenvalue weighted by molar-refractivity contribution is 7.90. The number of carbonyl (C=O) groups is 1. The molecule has 0 aliphatic carbocycles. The molecule has 1 amide bonds. The SMILES string of the molecule is CNC(=O)CCC[S+](C)[O-]. The van der Waals surface area contributed by atoms with E-state index in [0.717, 1.165) is 0 Å². The van der Waals surface area contributed by atoms with Crippen molar-refractivity contribution in [1.82, 2.24) is 5.32 Å². The molecule has 60 valence electrons. The van der Waals surface area contributed by atoms with Crippen LogP contribution in [0.5, 0.6) is 0 Å². The van der Waals surface area contributed by atoms with Crippen LogP contribution in [0.4, 0.5) is 0 Å². The van der Waals surface area contributed by atoms with E-state index >= 15 is 0 Å². The number of nitrogens with one attached hydrogen (secondary N) is 1. The Morgan fingerprint density at radius 1 is 1.70 bits per heavy atom. The minimum absolute atomic E-state index is 0.0189. The Hall–Kier alpha value is -0.220. The molecular formula is C6H13NO2S. The summed E-state index contributed by atoms with van der Waals surface area (Å²) in [6.07, 6.45) is 2.84. The summed E-state index contributed by atoms with van der Waals surface area (Å²) in [5.41, 5.74) is 0. The molecule has 3 nitrogen and oxygen atoms in total. The quantitative estimate of drug-likeness (QED) is 0.588. The normalized spacial score (nSPS) is 12.7. The van der Waals surface area contributed by atoms with Gasteiger partial charge in [-0.05, 0) is 0 Å². The van der Waals surface area contributed by atoms with E-state index in [4.69, 9.17) is 0 Å². The Morgan fingerprint density at radius 3 is 2.70 bits per heavy atom. The van der Waals surface area contributed by atoms with Crippen molar-refractivity contribution >= 4 is 17.1 Å². The largest absolute Gasteiger partial charge is 0.617 e. The first-order chi connectivity index (χ1) is 4.66. The Labute approximate surface area is 64.4 Å². The standard InChI is InChI=1S/C6H13NO2S/c1-7-6(8)4-3-5-10(2)9/h3-5H2,1-2H3,(H,7,8). The van der Waals surface area contributed by atoms with Gasteiger partial charge in [0, 0.05) is 19.9 Å². The van der Waals surface area contributed by atoms with Gasteiger partial charge in [0.1, 0.15) is 5.75 Å². The first kappa shape index (κ1) is 9.78. The molecule has 0 aromatic carbocycles. The molecule has 0 aromatic rings. The Balaban J connectivity index is 3.12. The van der Waals surface area contributed by atoms with Crippen LogP contribution in [-0.4, -0.2) is 29.5 Å². The van der Waals surface area contributed by atoms with E-state index in [-0.39, 0.29) is 5.91 Å². The third-order valence-electron chi connectivity index (χ3n) is 1.11. The highest BCUT2D eigenvalue weighted by Crippen LogP contribution is 1.93. The molecule has 0 rings (SSSR count). The lowest BCUT2D eigenvalue weighted by atomic mass is 10.3. The van der Waals surface area contributed by atoms with E-state index in [1.54, 1.807) is 13.3 Å². The molecule has 4 heteroatoms. The predicted molar refractivity (Wildman–Crippen MR) is 42.2 cm³/mol. The first-order valence-corrected chi connectivity index (χ1v) is 4.90. The summed E-state index contributed by atoms with van der Waals surface area (Å²) in [5, 5.41) is 2.50. The summed E-state index contributed by atoms with van der Waals surface area (Å²) in [6.45, 7) is 0. The third-order valence-corrected chi connectivity index (χ3v) is 1.98. The van der Waals surface area contributed by atoms with Crippen LogP contribution in [0.25, 0.3) is 0 Å². The van der Waals surface area contributed by atoms with E-state index in [2.05, 4.69) is 5.32 Å². The van der Waals surface area contributed by atoms with Gasteiger partial charge in [-0.3, -0.25) is 4.79 Å². The molecule has 0 saturated heterocycles. The van der Waals surface area contributed by atoms with Crippen LogP contribution in [0.15, 0.2) is 0 Å². The molecule has 0 fully saturated rings. The van der Waals surface area contributed by atoms with E-state index in [1.165, 1.54) is 0 Å². The summed E-state index contributed by atoms with van der Waals surface area (Å²) >= 11 is -0.764. The highest BCUT2D eigenvalue weighted by Gasteiger charge is 2.00. The summed E-state index contributed by atoms with van der Waals surface area (Å²) in [6, 6.07) is 0. The second-order valence-electron chi connectivity index (χ2n) is 2.05. The molecule has 1 N–H and O–H groups in total. The van der Waals surface area contributed by atoms with E-state index in [0.29, 0.717) is 18.6 Å². The molecule has 10 heavy (non-hydrogen) atoms. The number of rotatable bonds is 4. The van der Waals surface area contributed by atoms with Crippen molar-refractivity contribution in [1.29, 1.82) is 0 Å². The summed E-state index contributed by atoms with van der Waals surface area (Å²) < 4.78 is 10.5. The average Bonchev–Trinajstić information content (AvgIpc) is 1.87. The van der Waals surface area contributed by atoms with Gasteiger partial charge in [0.25, 0.3) is 0 Å². The third kappa shape index (κ3) is 5.91. The number of amides is 1. The lowest BCUT2D eigenvalue weighted by Gasteiger charge is -2.02. The molecule has 0 spiro atoms. The predicted octanol–water partition coefficient (Wildman–Crippen LogP) is -0.109. The summed E-state index contributed by atoms with van der Waals surface area (Å²) in [4.78, 5) is 10.6. The van der Waals surface area contributed by atoms with Gasteiger partial charge >= 0.3 is 0 Å². The van der Waals surface area contributed by atoms with Gasteiger partial charge in [0.05, 0.1) is 6.26 Å². The van der Waals surface area contributed by atoms with Crippen molar-refractivity contribution in [2.24, 2.45) is 0 Å². The van der Waals surface area contributed by atoms with Crippen molar-refractivity contribution in [3.8, 4) is 0 Å². The fourth-order valence-corrected chi connectivity index (χ4v) is 1.11. The maximum absolute atomic E-state index is 10.6. The van der Waals surface area contributed by atoms with Gasteiger partial charge in [-0.1, -0.05) is 11.2 Å². The number of hydrogen-bond donors (Lipinski definition) is 1. The lowest BCUT2D eigenvalue weighted by molar-refractivity contribution is -0.120. The number of hydrogen-bond acceptors (Lipinski definition) is 2. The Kier molecular flexibility index (Phi) is 5.43. The van der Waals surface area contributed by atoms with Crippen LogP contribution in [0, 0.1) is 0 Å².